The molecule has 2 aromatic heterocycles. The highest BCUT2D eigenvalue weighted by Gasteiger charge is 2.15. The van der Waals surface area contributed by atoms with Gasteiger partial charge in [0.1, 0.15) is 0 Å². The van der Waals surface area contributed by atoms with E-state index in [9.17, 15) is 5.11 Å². The van der Waals surface area contributed by atoms with E-state index in [-0.39, 0.29) is 5.88 Å². The van der Waals surface area contributed by atoms with Crippen molar-refractivity contribution in [2.75, 3.05) is 12.4 Å². The van der Waals surface area contributed by atoms with Gasteiger partial charge < -0.3 is 15.4 Å². The molecule has 3 N–H and O–H groups in total. The summed E-state index contributed by atoms with van der Waals surface area (Å²) in [4.78, 5) is 7.72. The van der Waals surface area contributed by atoms with E-state index < -0.39 is 0 Å². The van der Waals surface area contributed by atoms with Crippen molar-refractivity contribution in [1.29, 1.82) is 0 Å². The summed E-state index contributed by atoms with van der Waals surface area (Å²) in [6.45, 7) is 0. The maximum Gasteiger partial charge on any atom is 0.199 e. The fraction of sp³-hybridized carbons (Fsp3) is 0.0556. The van der Waals surface area contributed by atoms with Gasteiger partial charge in [-0.05, 0) is 18.2 Å². The predicted octanol–water partition coefficient (Wildman–Crippen LogP) is 4.13. The maximum absolute atomic E-state index is 10.3. The first-order valence-corrected chi connectivity index (χ1v) is 7.15. The number of aromatic amines is 1. The zero-order valence-corrected chi connectivity index (χ0v) is 12.1. The zero-order chi connectivity index (χ0) is 15.1. The van der Waals surface area contributed by atoms with Crippen LogP contribution in [-0.4, -0.2) is 22.1 Å². The Morgan fingerprint density at radius 3 is 2.55 bits per heavy atom. The first-order chi connectivity index (χ1) is 10.8. The Morgan fingerprint density at radius 1 is 1.00 bits per heavy atom. The molecule has 0 aliphatic heterocycles. The minimum atomic E-state index is 0.144. The number of anilines is 1. The monoisotopic (exact) mass is 289 g/mol. The highest BCUT2D eigenvalue weighted by atomic mass is 16.3. The first-order valence-electron chi connectivity index (χ1n) is 7.15. The number of aromatic hydroxyl groups is 1. The minimum Gasteiger partial charge on any atom is -0.494 e. The van der Waals surface area contributed by atoms with E-state index in [0.717, 1.165) is 38.8 Å². The van der Waals surface area contributed by atoms with Crippen molar-refractivity contribution in [2.45, 2.75) is 0 Å². The lowest BCUT2D eigenvalue weighted by Gasteiger charge is -2.09. The van der Waals surface area contributed by atoms with Crippen LogP contribution in [0.1, 0.15) is 0 Å². The molecule has 22 heavy (non-hydrogen) atoms. The number of nitrogens with one attached hydrogen (secondary N) is 2. The van der Waals surface area contributed by atoms with Crippen LogP contribution in [0, 0.1) is 0 Å². The van der Waals surface area contributed by atoms with Gasteiger partial charge in [-0.1, -0.05) is 36.4 Å². The molecule has 0 aliphatic rings. The molecule has 0 atom stereocenters. The standard InChI is InChI=1S/C18H15N3O/c1-19-15-10-16(20-13-8-4-2-6-11(13)15)17-12-7-3-5-9-14(12)21-18(17)22/h2-10,21-22H,1H3,(H,19,20). The van der Waals surface area contributed by atoms with Gasteiger partial charge >= 0.3 is 0 Å². The molecule has 0 bridgehead atoms. The van der Waals surface area contributed by atoms with Crippen molar-refractivity contribution in [2.24, 2.45) is 0 Å². The molecule has 0 fully saturated rings. The Labute approximate surface area is 127 Å². The Morgan fingerprint density at radius 2 is 1.73 bits per heavy atom. The molecule has 2 heterocycles. The van der Waals surface area contributed by atoms with Crippen LogP contribution in [0.4, 0.5) is 5.69 Å². The second kappa shape index (κ2) is 4.77. The van der Waals surface area contributed by atoms with Crippen LogP contribution in [0.15, 0.2) is 54.6 Å². The van der Waals surface area contributed by atoms with Crippen molar-refractivity contribution in [3.05, 3.63) is 54.6 Å². The molecule has 0 saturated heterocycles. The van der Waals surface area contributed by atoms with Gasteiger partial charge in [0.15, 0.2) is 5.88 Å². The van der Waals surface area contributed by atoms with Gasteiger partial charge in [-0.25, -0.2) is 4.98 Å². The fourth-order valence-corrected chi connectivity index (χ4v) is 2.90. The zero-order valence-electron chi connectivity index (χ0n) is 12.1. The summed E-state index contributed by atoms with van der Waals surface area (Å²) in [5, 5.41) is 15.5. The van der Waals surface area contributed by atoms with Crippen molar-refractivity contribution in [3.63, 3.8) is 0 Å². The molecule has 4 nitrogen and oxygen atoms in total. The lowest BCUT2D eigenvalue weighted by Crippen LogP contribution is -1.93. The molecule has 0 radical (unpaired) electrons. The second-order valence-electron chi connectivity index (χ2n) is 5.22. The molecular formula is C18H15N3O. The SMILES string of the molecule is CNc1cc(-c2c(O)[nH]c3ccccc23)nc2ccccc12. The van der Waals surface area contributed by atoms with Crippen LogP contribution in [0.2, 0.25) is 0 Å². The van der Waals surface area contributed by atoms with Crippen LogP contribution in [-0.2, 0) is 0 Å². The Hall–Kier alpha value is -3.01. The van der Waals surface area contributed by atoms with Gasteiger partial charge in [0.25, 0.3) is 0 Å². The summed E-state index contributed by atoms with van der Waals surface area (Å²) in [6.07, 6.45) is 0. The number of hydrogen-bond donors (Lipinski definition) is 3. The van der Waals surface area contributed by atoms with Crippen molar-refractivity contribution in [3.8, 4) is 17.1 Å². The van der Waals surface area contributed by atoms with Crippen molar-refractivity contribution < 1.29 is 5.11 Å². The highest BCUT2D eigenvalue weighted by Crippen LogP contribution is 2.37. The third kappa shape index (κ3) is 1.81. The molecule has 0 saturated carbocycles. The molecular weight excluding hydrogens is 274 g/mol. The Bertz CT molecular complexity index is 988. The summed E-state index contributed by atoms with van der Waals surface area (Å²) >= 11 is 0. The predicted molar refractivity (Wildman–Crippen MR) is 90.2 cm³/mol. The number of nitrogens with zero attached hydrogens (tertiary/aromatic N) is 1. The molecule has 4 heteroatoms. The smallest absolute Gasteiger partial charge is 0.199 e. The second-order valence-corrected chi connectivity index (χ2v) is 5.22. The summed E-state index contributed by atoms with van der Waals surface area (Å²) in [5.41, 5.74) is 4.27. The van der Waals surface area contributed by atoms with Gasteiger partial charge in [-0.3, -0.25) is 0 Å². The number of aromatic nitrogens is 2. The van der Waals surface area contributed by atoms with E-state index in [1.807, 2.05) is 61.6 Å². The minimum absolute atomic E-state index is 0.144. The van der Waals surface area contributed by atoms with E-state index in [1.54, 1.807) is 0 Å². The third-order valence-electron chi connectivity index (χ3n) is 3.93. The molecule has 2 aromatic carbocycles. The summed E-state index contributed by atoms with van der Waals surface area (Å²) < 4.78 is 0. The normalized spacial score (nSPS) is 11.1. The molecule has 0 unspecified atom stereocenters. The number of para-hydroxylation sites is 2. The van der Waals surface area contributed by atoms with Gasteiger partial charge in [-0.15, -0.1) is 0 Å². The number of hydrogen-bond acceptors (Lipinski definition) is 3. The van der Waals surface area contributed by atoms with Gasteiger partial charge in [-0.2, -0.15) is 0 Å². The largest absolute Gasteiger partial charge is 0.494 e. The van der Waals surface area contributed by atoms with Gasteiger partial charge in [0.2, 0.25) is 0 Å². The van der Waals surface area contributed by atoms with Crippen LogP contribution < -0.4 is 5.32 Å². The lowest BCUT2D eigenvalue weighted by atomic mass is 10.1. The average Bonchev–Trinajstić information content (AvgIpc) is 2.89. The topological polar surface area (TPSA) is 60.9 Å². The number of fused-ring (bicyclic) bond motifs is 2. The molecule has 108 valence electrons. The van der Waals surface area contributed by atoms with Crippen LogP contribution in [0.25, 0.3) is 33.1 Å². The summed E-state index contributed by atoms with van der Waals surface area (Å²) in [6, 6.07) is 17.8. The lowest BCUT2D eigenvalue weighted by molar-refractivity contribution is 0.460. The van der Waals surface area contributed by atoms with Crippen LogP contribution >= 0.6 is 0 Å². The molecule has 0 amide bonds. The average molecular weight is 289 g/mol. The number of rotatable bonds is 2. The molecule has 0 spiro atoms. The van der Waals surface area contributed by atoms with Gasteiger partial charge in [0.05, 0.1) is 16.8 Å². The maximum atomic E-state index is 10.3. The Kier molecular flexibility index (Phi) is 2.76. The summed E-state index contributed by atoms with van der Waals surface area (Å²) in [5.74, 6) is 0.144. The number of H-pyrrole nitrogens is 1. The quantitative estimate of drug-likeness (QED) is 0.520. The first kappa shape index (κ1) is 12.7. The van der Waals surface area contributed by atoms with E-state index in [0.29, 0.717) is 0 Å². The molecule has 4 rings (SSSR count). The fourth-order valence-electron chi connectivity index (χ4n) is 2.90. The van der Waals surface area contributed by atoms with E-state index in [1.165, 1.54) is 0 Å². The number of pyridine rings is 1. The highest BCUT2D eigenvalue weighted by molar-refractivity contribution is 6.01. The third-order valence-corrected chi connectivity index (χ3v) is 3.93. The Balaban J connectivity index is 2.06. The van der Waals surface area contributed by atoms with Gasteiger partial charge in [0, 0.05) is 29.0 Å². The van der Waals surface area contributed by atoms with Crippen molar-refractivity contribution >= 4 is 27.5 Å². The van der Waals surface area contributed by atoms with Crippen LogP contribution in [0.5, 0.6) is 5.88 Å². The summed E-state index contributed by atoms with van der Waals surface area (Å²) in [7, 11) is 1.89. The van der Waals surface area contributed by atoms with Crippen LogP contribution in [0.3, 0.4) is 0 Å². The number of benzene rings is 2. The van der Waals surface area contributed by atoms with E-state index in [4.69, 9.17) is 4.98 Å². The molecule has 4 aromatic rings. The van der Waals surface area contributed by atoms with E-state index >= 15 is 0 Å². The van der Waals surface area contributed by atoms with Crippen molar-refractivity contribution in [1.82, 2.24) is 9.97 Å². The molecule has 0 aliphatic carbocycles. The van der Waals surface area contributed by atoms with E-state index in [2.05, 4.69) is 10.3 Å².